The van der Waals surface area contributed by atoms with Crippen LogP contribution in [0.4, 0.5) is 0 Å². The number of hydrogen-bond acceptors (Lipinski definition) is 2. The zero-order valence-corrected chi connectivity index (χ0v) is 4.96. The molecule has 0 saturated carbocycles. The van der Waals surface area contributed by atoms with E-state index in [4.69, 9.17) is 17.3 Å². The zero-order valence-electron chi connectivity index (χ0n) is 4.96. The van der Waals surface area contributed by atoms with Gasteiger partial charge in [0.05, 0.1) is 6.61 Å². The van der Waals surface area contributed by atoms with Gasteiger partial charge < -0.3 is 9.47 Å². The maximum Gasteiger partial charge on any atom is 0.156 e. The molecule has 2 atom stereocenters. The number of hydrogen-bond donors (Lipinski definition) is 0. The summed E-state index contributed by atoms with van der Waals surface area (Å²) in [6, 6.07) is -0.194. The van der Waals surface area contributed by atoms with Crippen LogP contribution in [-0.2, 0) is 9.47 Å². The lowest BCUT2D eigenvalue weighted by molar-refractivity contribution is -0.0480. The molecule has 8 heavy (non-hydrogen) atoms. The lowest BCUT2D eigenvalue weighted by atomic mass is 10.0. The predicted octanol–water partition coefficient (Wildman–Crippen LogP) is 0.264. The van der Waals surface area contributed by atoms with Crippen molar-refractivity contribution in [2.24, 2.45) is 0 Å². The Morgan fingerprint density at radius 3 is 2.75 bits per heavy atom. The third-order valence-electron chi connectivity index (χ3n) is 1.11. The van der Waals surface area contributed by atoms with Gasteiger partial charge in [0.25, 0.3) is 0 Å². The molecule has 1 fully saturated rings. The molecule has 0 aromatic rings. The van der Waals surface area contributed by atoms with Gasteiger partial charge in [0.15, 0.2) is 6.29 Å². The summed E-state index contributed by atoms with van der Waals surface area (Å²) in [5.74, 6) is 0. The molecule has 44 valence electrons. The second-order valence-corrected chi connectivity index (χ2v) is 1.85. The van der Waals surface area contributed by atoms with Crippen molar-refractivity contribution in [3.63, 3.8) is 0 Å². The molecule has 0 amide bonds. The summed E-state index contributed by atoms with van der Waals surface area (Å²) < 4.78 is 10.1. The fourth-order valence-electron chi connectivity index (χ4n) is 0.690. The lowest BCUT2D eigenvalue weighted by Gasteiger charge is -2.04. The minimum Gasteiger partial charge on any atom is -0.357 e. The molecule has 0 aliphatic carbocycles. The average molecular weight is 112 g/mol. The Kier molecular flexibility index (Phi) is 1.92. The monoisotopic (exact) mass is 112 g/mol. The van der Waals surface area contributed by atoms with Gasteiger partial charge in [-0.2, -0.15) is 0 Å². The molecule has 2 nitrogen and oxygen atoms in total. The fraction of sp³-hybridized carbons (Fsp3) is 1.00. The molecule has 0 aromatic heterocycles. The normalized spacial score (nSPS) is 38.1. The van der Waals surface area contributed by atoms with Crippen molar-refractivity contribution in [2.75, 3.05) is 6.61 Å². The van der Waals surface area contributed by atoms with Gasteiger partial charge in [-0.15, -0.1) is 0 Å². The summed E-state index contributed by atoms with van der Waals surface area (Å²) in [5.41, 5.74) is 0. The Hall–Kier alpha value is -0.0151. The maximum atomic E-state index is 5.35. The van der Waals surface area contributed by atoms with Crippen molar-refractivity contribution in [3.8, 4) is 0 Å². The second-order valence-electron chi connectivity index (χ2n) is 1.85. The highest BCUT2D eigenvalue weighted by atomic mass is 16.7. The van der Waals surface area contributed by atoms with Gasteiger partial charge in [0, 0.05) is 6.00 Å². The topological polar surface area (TPSA) is 18.5 Å². The predicted molar refractivity (Wildman–Crippen MR) is 30.7 cm³/mol. The van der Waals surface area contributed by atoms with E-state index in [-0.39, 0.29) is 12.3 Å². The van der Waals surface area contributed by atoms with E-state index in [0.29, 0.717) is 6.61 Å². The van der Waals surface area contributed by atoms with E-state index in [1.54, 1.807) is 0 Å². The van der Waals surface area contributed by atoms with Gasteiger partial charge in [-0.1, -0.05) is 6.92 Å². The molecule has 2 radical (unpaired) electrons. The van der Waals surface area contributed by atoms with Crippen LogP contribution in [0.3, 0.4) is 0 Å². The van der Waals surface area contributed by atoms with Gasteiger partial charge in [0.2, 0.25) is 0 Å². The van der Waals surface area contributed by atoms with Gasteiger partial charge >= 0.3 is 0 Å². The first-order valence-corrected chi connectivity index (χ1v) is 2.85. The Bertz CT molecular complexity index is 76.8. The molecular formula is C5H9BO2. The maximum absolute atomic E-state index is 5.35. The van der Waals surface area contributed by atoms with Crippen LogP contribution < -0.4 is 0 Å². The SMILES string of the molecule is [B]C1COC(CC)O1. The highest BCUT2D eigenvalue weighted by Gasteiger charge is 2.19. The number of ether oxygens (including phenoxy) is 2. The first-order chi connectivity index (χ1) is 3.83. The highest BCUT2D eigenvalue weighted by molar-refractivity contribution is 6.11. The van der Waals surface area contributed by atoms with E-state index >= 15 is 0 Å². The van der Waals surface area contributed by atoms with Crippen molar-refractivity contribution in [3.05, 3.63) is 0 Å². The first-order valence-electron chi connectivity index (χ1n) is 2.85. The van der Waals surface area contributed by atoms with E-state index in [0.717, 1.165) is 6.42 Å². The Balaban J connectivity index is 2.22. The summed E-state index contributed by atoms with van der Waals surface area (Å²) >= 11 is 0. The van der Waals surface area contributed by atoms with Gasteiger partial charge in [-0.05, 0) is 6.42 Å². The molecule has 0 aromatic carbocycles. The molecule has 2 unspecified atom stereocenters. The quantitative estimate of drug-likeness (QED) is 0.453. The Labute approximate surface area is 50.6 Å². The summed E-state index contributed by atoms with van der Waals surface area (Å²) in [5, 5.41) is 0. The van der Waals surface area contributed by atoms with Crippen LogP contribution in [0.2, 0.25) is 0 Å². The lowest BCUT2D eigenvalue weighted by Crippen LogP contribution is -2.10. The third-order valence-corrected chi connectivity index (χ3v) is 1.11. The standard InChI is InChI=1S/C5H9BO2/c1-2-5-7-3-4(6)8-5/h4-5H,2-3H2,1H3. The molecule has 1 rings (SSSR count). The largest absolute Gasteiger partial charge is 0.357 e. The van der Waals surface area contributed by atoms with E-state index < -0.39 is 0 Å². The molecule has 3 heteroatoms. The van der Waals surface area contributed by atoms with E-state index in [9.17, 15) is 0 Å². The minimum atomic E-state index is -0.194. The summed E-state index contributed by atoms with van der Waals surface area (Å²) in [6.45, 7) is 2.54. The molecule has 1 heterocycles. The Morgan fingerprint density at radius 2 is 2.50 bits per heavy atom. The highest BCUT2D eigenvalue weighted by Crippen LogP contribution is 2.10. The van der Waals surface area contributed by atoms with Gasteiger partial charge in [0.1, 0.15) is 7.85 Å². The van der Waals surface area contributed by atoms with Crippen LogP contribution >= 0.6 is 0 Å². The van der Waals surface area contributed by atoms with Crippen LogP contribution in [0, 0.1) is 0 Å². The molecule has 1 aliphatic rings. The van der Waals surface area contributed by atoms with Crippen LogP contribution in [0.25, 0.3) is 0 Å². The van der Waals surface area contributed by atoms with Crippen LogP contribution in [-0.4, -0.2) is 26.7 Å². The van der Waals surface area contributed by atoms with E-state index in [2.05, 4.69) is 0 Å². The zero-order chi connectivity index (χ0) is 5.98. The smallest absolute Gasteiger partial charge is 0.156 e. The van der Waals surface area contributed by atoms with E-state index in [1.165, 1.54) is 0 Å². The van der Waals surface area contributed by atoms with Crippen molar-refractivity contribution in [1.29, 1.82) is 0 Å². The van der Waals surface area contributed by atoms with Crippen molar-refractivity contribution < 1.29 is 9.47 Å². The van der Waals surface area contributed by atoms with Crippen molar-refractivity contribution in [2.45, 2.75) is 25.6 Å². The van der Waals surface area contributed by atoms with Crippen LogP contribution in [0.15, 0.2) is 0 Å². The molecule has 1 aliphatic heterocycles. The molecular weight excluding hydrogens is 103 g/mol. The fourth-order valence-corrected chi connectivity index (χ4v) is 0.690. The van der Waals surface area contributed by atoms with Crippen molar-refractivity contribution in [1.82, 2.24) is 0 Å². The molecule has 1 saturated heterocycles. The Morgan fingerprint density at radius 1 is 1.75 bits per heavy atom. The molecule has 0 bridgehead atoms. The summed E-state index contributed by atoms with van der Waals surface area (Å²) in [7, 11) is 5.35. The second kappa shape index (κ2) is 2.51. The van der Waals surface area contributed by atoms with Crippen molar-refractivity contribution >= 4 is 7.85 Å². The molecule has 0 spiro atoms. The first kappa shape index (κ1) is 6.11. The third kappa shape index (κ3) is 1.23. The summed E-state index contributed by atoms with van der Waals surface area (Å²) in [4.78, 5) is 0. The van der Waals surface area contributed by atoms with Crippen LogP contribution in [0.1, 0.15) is 13.3 Å². The summed E-state index contributed by atoms with van der Waals surface area (Å²) in [6.07, 6.45) is 0.832. The van der Waals surface area contributed by atoms with Crippen LogP contribution in [0.5, 0.6) is 0 Å². The van der Waals surface area contributed by atoms with Gasteiger partial charge in [-0.3, -0.25) is 0 Å². The molecule has 0 N–H and O–H groups in total. The number of rotatable bonds is 1. The minimum absolute atomic E-state index is 0.0509. The van der Waals surface area contributed by atoms with E-state index in [1.807, 2.05) is 6.92 Å². The average Bonchev–Trinajstić information content (AvgIpc) is 2.14. The van der Waals surface area contributed by atoms with Gasteiger partial charge in [-0.25, -0.2) is 0 Å².